The summed E-state index contributed by atoms with van der Waals surface area (Å²) < 4.78 is 5.37. The highest BCUT2D eigenvalue weighted by Gasteiger charge is 2.10. The third-order valence-corrected chi connectivity index (χ3v) is 1.59. The minimum absolute atomic E-state index is 0.462. The molecule has 1 aliphatic heterocycles. The molecular weight excluding hydrogens is 100 g/mol. The second-order valence-corrected chi connectivity index (χ2v) is 2.24. The van der Waals surface area contributed by atoms with Gasteiger partial charge in [0.2, 0.25) is 0 Å². The topological polar surface area (TPSA) is 9.23 Å². The third-order valence-electron chi connectivity index (χ3n) is 1.59. The maximum atomic E-state index is 5.37. The van der Waals surface area contributed by atoms with Crippen molar-refractivity contribution in [2.24, 2.45) is 0 Å². The van der Waals surface area contributed by atoms with Crippen molar-refractivity contribution >= 4 is 0 Å². The van der Waals surface area contributed by atoms with Crippen LogP contribution in [0.2, 0.25) is 0 Å². The Morgan fingerprint density at radius 3 is 2.75 bits per heavy atom. The summed E-state index contributed by atoms with van der Waals surface area (Å²) in [6, 6.07) is 0. The second-order valence-electron chi connectivity index (χ2n) is 2.24. The van der Waals surface area contributed by atoms with Crippen molar-refractivity contribution in [1.82, 2.24) is 0 Å². The van der Waals surface area contributed by atoms with Crippen molar-refractivity contribution in [3.8, 4) is 0 Å². The van der Waals surface area contributed by atoms with Crippen LogP contribution in [0.1, 0.15) is 26.2 Å². The fourth-order valence-electron chi connectivity index (χ4n) is 1.03. The quantitative estimate of drug-likeness (QED) is 0.503. The maximum Gasteiger partial charge on any atom is 0.0604 e. The summed E-state index contributed by atoms with van der Waals surface area (Å²) in [5, 5.41) is 0. The summed E-state index contributed by atoms with van der Waals surface area (Å²) in [5.41, 5.74) is 0. The van der Waals surface area contributed by atoms with E-state index in [2.05, 4.69) is 13.3 Å². The highest BCUT2D eigenvalue weighted by Crippen LogP contribution is 2.13. The van der Waals surface area contributed by atoms with Gasteiger partial charge in [0.25, 0.3) is 0 Å². The second kappa shape index (κ2) is 3.08. The van der Waals surface area contributed by atoms with Gasteiger partial charge in [-0.25, -0.2) is 0 Å². The summed E-state index contributed by atoms with van der Waals surface area (Å²) in [7, 11) is 0. The van der Waals surface area contributed by atoms with E-state index in [9.17, 15) is 0 Å². The van der Waals surface area contributed by atoms with Crippen LogP contribution in [-0.4, -0.2) is 12.7 Å². The van der Waals surface area contributed by atoms with E-state index in [1.54, 1.807) is 0 Å². The fraction of sp³-hybridized carbons (Fsp3) is 0.857. The monoisotopic (exact) mass is 113 g/mol. The summed E-state index contributed by atoms with van der Waals surface area (Å²) in [6.45, 7) is 3.03. The van der Waals surface area contributed by atoms with E-state index in [1.165, 1.54) is 19.3 Å². The molecule has 0 aromatic carbocycles. The lowest BCUT2D eigenvalue weighted by Gasteiger charge is -2.20. The molecule has 0 aliphatic carbocycles. The molecule has 0 N–H and O–H groups in total. The standard InChI is InChI=1S/C7H13O/c1-2-7-5-3-4-6-8-7/h2,7H,3-6H2,1H3. The van der Waals surface area contributed by atoms with E-state index < -0.39 is 0 Å². The van der Waals surface area contributed by atoms with Gasteiger partial charge in [-0.3, -0.25) is 0 Å². The molecule has 8 heavy (non-hydrogen) atoms. The van der Waals surface area contributed by atoms with Crippen LogP contribution in [0.3, 0.4) is 0 Å². The van der Waals surface area contributed by atoms with Crippen molar-refractivity contribution in [2.45, 2.75) is 32.3 Å². The van der Waals surface area contributed by atoms with Gasteiger partial charge in [0, 0.05) is 6.61 Å². The zero-order valence-corrected chi connectivity index (χ0v) is 5.39. The van der Waals surface area contributed by atoms with Gasteiger partial charge in [0.15, 0.2) is 0 Å². The van der Waals surface area contributed by atoms with Gasteiger partial charge in [-0.2, -0.15) is 0 Å². The van der Waals surface area contributed by atoms with Crippen molar-refractivity contribution in [3.05, 3.63) is 6.42 Å². The van der Waals surface area contributed by atoms with Crippen LogP contribution in [0.15, 0.2) is 0 Å². The summed E-state index contributed by atoms with van der Waals surface area (Å²) in [6.07, 6.45) is 6.43. The molecule has 0 saturated carbocycles. The Bertz CT molecular complexity index is 55.4. The first-order valence-electron chi connectivity index (χ1n) is 3.34. The summed E-state index contributed by atoms with van der Waals surface area (Å²) in [5.74, 6) is 0. The van der Waals surface area contributed by atoms with Crippen LogP contribution in [0.4, 0.5) is 0 Å². The highest BCUT2D eigenvalue weighted by atomic mass is 16.5. The van der Waals surface area contributed by atoms with Crippen molar-refractivity contribution in [3.63, 3.8) is 0 Å². The highest BCUT2D eigenvalue weighted by molar-refractivity contribution is 4.74. The molecule has 0 amide bonds. The number of ether oxygens (including phenoxy) is 1. The first-order chi connectivity index (χ1) is 3.93. The lowest BCUT2D eigenvalue weighted by molar-refractivity contribution is 0.0370. The number of hydrogen-bond acceptors (Lipinski definition) is 1. The Balaban J connectivity index is 2.13. The first kappa shape index (κ1) is 6.09. The van der Waals surface area contributed by atoms with Gasteiger partial charge >= 0.3 is 0 Å². The van der Waals surface area contributed by atoms with E-state index in [-0.39, 0.29) is 0 Å². The number of hydrogen-bond donors (Lipinski definition) is 0. The average Bonchev–Trinajstić information content (AvgIpc) is 1.90. The van der Waals surface area contributed by atoms with E-state index in [4.69, 9.17) is 4.74 Å². The van der Waals surface area contributed by atoms with Gasteiger partial charge in [-0.1, -0.05) is 6.92 Å². The molecule has 0 aromatic heterocycles. The Hall–Kier alpha value is -0.0400. The summed E-state index contributed by atoms with van der Waals surface area (Å²) >= 11 is 0. The van der Waals surface area contributed by atoms with Crippen molar-refractivity contribution < 1.29 is 4.74 Å². The molecule has 1 radical (unpaired) electrons. The molecule has 1 atom stereocenters. The van der Waals surface area contributed by atoms with Crippen LogP contribution in [0.25, 0.3) is 0 Å². The normalized spacial score (nSPS) is 30.4. The lowest BCUT2D eigenvalue weighted by Crippen LogP contribution is -2.17. The molecule has 0 spiro atoms. The molecule has 1 saturated heterocycles. The SMILES string of the molecule is C[CH]C1CCCCO1. The van der Waals surface area contributed by atoms with E-state index in [0.717, 1.165) is 6.61 Å². The minimum atomic E-state index is 0.462. The van der Waals surface area contributed by atoms with Gasteiger partial charge in [0.1, 0.15) is 0 Å². The fourth-order valence-corrected chi connectivity index (χ4v) is 1.03. The van der Waals surface area contributed by atoms with E-state index >= 15 is 0 Å². The zero-order chi connectivity index (χ0) is 5.82. The van der Waals surface area contributed by atoms with Gasteiger partial charge in [-0.15, -0.1) is 0 Å². The van der Waals surface area contributed by atoms with Gasteiger partial charge < -0.3 is 4.74 Å². The number of rotatable bonds is 1. The minimum Gasteiger partial charge on any atom is -0.378 e. The molecule has 1 rings (SSSR count). The van der Waals surface area contributed by atoms with Crippen LogP contribution in [0, 0.1) is 6.42 Å². The van der Waals surface area contributed by atoms with Crippen molar-refractivity contribution in [2.75, 3.05) is 6.61 Å². The summed E-state index contributed by atoms with van der Waals surface area (Å²) in [4.78, 5) is 0. The molecule has 0 bridgehead atoms. The third kappa shape index (κ3) is 1.48. The smallest absolute Gasteiger partial charge is 0.0604 e. The van der Waals surface area contributed by atoms with Crippen LogP contribution in [-0.2, 0) is 4.74 Å². The predicted octanol–water partition coefficient (Wildman–Crippen LogP) is 1.78. The predicted molar refractivity (Wildman–Crippen MR) is 33.6 cm³/mol. The molecule has 1 heterocycles. The van der Waals surface area contributed by atoms with Gasteiger partial charge in [-0.05, 0) is 25.7 Å². The Kier molecular flexibility index (Phi) is 2.34. The lowest BCUT2D eigenvalue weighted by atomic mass is 10.1. The maximum absolute atomic E-state index is 5.37. The zero-order valence-electron chi connectivity index (χ0n) is 5.39. The Morgan fingerprint density at radius 1 is 1.50 bits per heavy atom. The molecule has 1 heteroatoms. The van der Waals surface area contributed by atoms with Crippen molar-refractivity contribution in [1.29, 1.82) is 0 Å². The largest absolute Gasteiger partial charge is 0.378 e. The van der Waals surface area contributed by atoms with Crippen LogP contribution in [0.5, 0.6) is 0 Å². The van der Waals surface area contributed by atoms with Gasteiger partial charge in [0.05, 0.1) is 6.10 Å². The molecule has 1 unspecified atom stereocenters. The Morgan fingerprint density at radius 2 is 2.38 bits per heavy atom. The van der Waals surface area contributed by atoms with E-state index in [1.807, 2.05) is 0 Å². The molecule has 1 nitrogen and oxygen atoms in total. The first-order valence-corrected chi connectivity index (χ1v) is 3.34. The average molecular weight is 113 g/mol. The molecule has 47 valence electrons. The molecule has 0 aromatic rings. The molecule has 1 aliphatic rings. The molecule has 1 fully saturated rings. The van der Waals surface area contributed by atoms with Crippen LogP contribution >= 0.6 is 0 Å². The van der Waals surface area contributed by atoms with Crippen LogP contribution < -0.4 is 0 Å². The van der Waals surface area contributed by atoms with E-state index in [0.29, 0.717) is 6.10 Å². The molecular formula is C7H13O. The Labute approximate surface area is 51.0 Å².